The summed E-state index contributed by atoms with van der Waals surface area (Å²) in [5.74, 6) is -0.108. The minimum Gasteiger partial charge on any atom is -0.310 e. The normalized spacial score (nSPS) is 11.0. The molecule has 0 aliphatic rings. The molecule has 8 heteroatoms. The van der Waals surface area contributed by atoms with E-state index < -0.39 is 0 Å². The van der Waals surface area contributed by atoms with Crippen LogP contribution >= 0.6 is 40.2 Å². The summed E-state index contributed by atoms with van der Waals surface area (Å²) >= 11 is 12.0. The number of fused-ring (bicyclic) bond motifs is 1. The highest BCUT2D eigenvalue weighted by atomic mass is 79.9. The summed E-state index contributed by atoms with van der Waals surface area (Å²) < 4.78 is 3.71. The van der Waals surface area contributed by atoms with Crippen molar-refractivity contribution in [2.24, 2.45) is 0 Å². The highest BCUT2D eigenvalue weighted by molar-refractivity contribution is 8.93. The number of Topliss-reactive ketones (excluding diaryl/α,β-unsaturated/α-hetero) is 1. The van der Waals surface area contributed by atoms with Crippen LogP contribution in [-0.2, 0) is 13.1 Å². The summed E-state index contributed by atoms with van der Waals surface area (Å²) in [6, 6.07) is 12.7. The zero-order valence-electron chi connectivity index (χ0n) is 15.8. The second kappa shape index (κ2) is 9.74. The Balaban J connectivity index is 0.00000280. The molecule has 1 N–H and O–H groups in total. The lowest BCUT2D eigenvalue weighted by molar-refractivity contribution is 0.0971. The van der Waals surface area contributed by atoms with Gasteiger partial charge in [-0.25, -0.2) is 0 Å². The first-order chi connectivity index (χ1) is 12.9. The van der Waals surface area contributed by atoms with Crippen molar-refractivity contribution in [3.8, 4) is 0 Å². The van der Waals surface area contributed by atoms with E-state index in [9.17, 15) is 4.79 Å². The van der Waals surface area contributed by atoms with Gasteiger partial charge in [-0.05, 0) is 57.4 Å². The van der Waals surface area contributed by atoms with Crippen LogP contribution in [0.4, 0.5) is 0 Å². The van der Waals surface area contributed by atoms with E-state index >= 15 is 0 Å². The molecule has 3 rings (SSSR count). The summed E-state index contributed by atoms with van der Waals surface area (Å²) in [7, 11) is 4.07. The van der Waals surface area contributed by atoms with Gasteiger partial charge >= 0.3 is 0 Å². The van der Waals surface area contributed by atoms with Crippen LogP contribution in [0.15, 0.2) is 42.5 Å². The number of hydrogen-bond donors (Lipinski definition) is 1. The van der Waals surface area contributed by atoms with E-state index in [4.69, 9.17) is 28.6 Å². The number of carbonyl (C=O) groups excluding carboxylic acids is 1. The molecule has 0 saturated carbocycles. The second-order valence-corrected chi connectivity index (χ2v) is 7.57. The van der Waals surface area contributed by atoms with Gasteiger partial charge in [0.05, 0.1) is 27.6 Å². The molecule has 0 aliphatic carbocycles. The lowest BCUT2D eigenvalue weighted by atomic mass is 10.1. The van der Waals surface area contributed by atoms with Gasteiger partial charge in [-0.2, -0.15) is 0 Å². The number of benzene rings is 2. The number of aromatic nitrogens is 2. The van der Waals surface area contributed by atoms with Crippen molar-refractivity contribution in [3.05, 3.63) is 63.7 Å². The smallest absolute Gasteiger partial charge is 0.203 e. The van der Waals surface area contributed by atoms with Crippen molar-refractivity contribution in [2.45, 2.75) is 19.5 Å². The van der Waals surface area contributed by atoms with E-state index in [0.29, 0.717) is 21.2 Å². The molecule has 0 radical (unpaired) electrons. The summed E-state index contributed by atoms with van der Waals surface area (Å²) in [5, 5.41) is 9.37. The van der Waals surface area contributed by atoms with Crippen molar-refractivity contribution in [1.29, 1.82) is 5.41 Å². The van der Waals surface area contributed by atoms with Crippen LogP contribution in [0.5, 0.6) is 0 Å². The van der Waals surface area contributed by atoms with Crippen molar-refractivity contribution >= 4 is 57.0 Å². The van der Waals surface area contributed by atoms with Crippen molar-refractivity contribution in [1.82, 2.24) is 14.0 Å². The van der Waals surface area contributed by atoms with Crippen LogP contribution in [-0.4, -0.2) is 40.5 Å². The zero-order chi connectivity index (χ0) is 19.6. The number of halogens is 3. The Kier molecular flexibility index (Phi) is 7.89. The lowest BCUT2D eigenvalue weighted by Crippen LogP contribution is -2.28. The molecule has 0 spiro atoms. The summed E-state index contributed by atoms with van der Waals surface area (Å²) in [6.45, 7) is 1.75. The molecule has 0 saturated heterocycles. The zero-order valence-corrected chi connectivity index (χ0v) is 19.0. The molecule has 0 fully saturated rings. The van der Waals surface area contributed by atoms with Gasteiger partial charge in [0.25, 0.3) is 0 Å². The Morgan fingerprint density at radius 3 is 2.29 bits per heavy atom. The average Bonchev–Trinajstić information content (AvgIpc) is 2.89. The van der Waals surface area contributed by atoms with E-state index in [2.05, 4.69) is 4.90 Å². The van der Waals surface area contributed by atoms with Crippen molar-refractivity contribution < 1.29 is 4.79 Å². The van der Waals surface area contributed by atoms with Gasteiger partial charge in [0, 0.05) is 12.1 Å². The van der Waals surface area contributed by atoms with Crippen LogP contribution in [0, 0.1) is 5.41 Å². The molecule has 2 aromatic carbocycles. The Morgan fingerprint density at radius 2 is 1.68 bits per heavy atom. The number of para-hydroxylation sites is 2. The number of imidazole rings is 1. The fourth-order valence-electron chi connectivity index (χ4n) is 3.13. The highest BCUT2D eigenvalue weighted by Crippen LogP contribution is 2.23. The molecule has 0 bridgehead atoms. The minimum atomic E-state index is -0.108. The van der Waals surface area contributed by atoms with Crippen LogP contribution in [0.1, 0.15) is 16.8 Å². The van der Waals surface area contributed by atoms with E-state index in [0.717, 1.165) is 30.5 Å². The molecule has 150 valence electrons. The molecular formula is C20H23BrCl2N4O. The fraction of sp³-hybridized carbons (Fsp3) is 0.300. The van der Waals surface area contributed by atoms with Gasteiger partial charge in [0.1, 0.15) is 0 Å². The number of ketones is 1. The number of carbonyl (C=O) groups is 1. The van der Waals surface area contributed by atoms with Gasteiger partial charge in [-0.1, -0.05) is 35.3 Å². The predicted molar refractivity (Wildman–Crippen MR) is 120 cm³/mol. The first-order valence-corrected chi connectivity index (χ1v) is 9.49. The third kappa shape index (κ3) is 4.87. The molecule has 3 aromatic rings. The highest BCUT2D eigenvalue weighted by Gasteiger charge is 2.15. The Labute approximate surface area is 184 Å². The molecule has 5 nitrogen and oxygen atoms in total. The second-order valence-electron chi connectivity index (χ2n) is 6.76. The van der Waals surface area contributed by atoms with Gasteiger partial charge in [-0.15, -0.1) is 17.0 Å². The Morgan fingerprint density at radius 1 is 1.04 bits per heavy atom. The minimum absolute atomic E-state index is 0. The third-order valence-electron chi connectivity index (χ3n) is 4.51. The van der Waals surface area contributed by atoms with Crippen LogP contribution in [0.2, 0.25) is 10.0 Å². The SMILES string of the molecule is Br.CN(C)CCCn1c(=N)n(CC(=O)c2ccc(Cl)c(Cl)c2)c2ccccc21. The molecule has 1 heterocycles. The van der Waals surface area contributed by atoms with E-state index in [-0.39, 0.29) is 29.3 Å². The topological polar surface area (TPSA) is 54.0 Å². The van der Waals surface area contributed by atoms with Crippen molar-refractivity contribution in [3.63, 3.8) is 0 Å². The maximum atomic E-state index is 12.8. The maximum Gasteiger partial charge on any atom is 0.203 e. The Bertz CT molecular complexity index is 1040. The average molecular weight is 486 g/mol. The maximum absolute atomic E-state index is 12.8. The quantitative estimate of drug-likeness (QED) is 0.495. The summed E-state index contributed by atoms with van der Waals surface area (Å²) in [5.41, 5.74) is 2.65. The molecular weight excluding hydrogens is 463 g/mol. The third-order valence-corrected chi connectivity index (χ3v) is 5.24. The number of aryl methyl sites for hydroxylation is 1. The standard InChI is InChI=1S/C20H22Cl2N4O.BrH/c1-24(2)10-5-11-25-17-6-3-4-7-18(17)26(20(25)23)13-19(27)14-8-9-15(21)16(22)12-14;/h3-4,6-9,12,23H,5,10-11,13H2,1-2H3;1H. The van der Waals surface area contributed by atoms with Gasteiger partial charge in [0.15, 0.2) is 5.78 Å². The predicted octanol–water partition coefficient (Wildman–Crippen LogP) is 4.64. The molecule has 0 amide bonds. The van der Waals surface area contributed by atoms with Gasteiger partial charge in [-0.3, -0.25) is 10.2 Å². The number of hydrogen-bond acceptors (Lipinski definition) is 3. The summed E-state index contributed by atoms with van der Waals surface area (Å²) in [6.07, 6.45) is 0.929. The first-order valence-electron chi connectivity index (χ1n) is 8.74. The van der Waals surface area contributed by atoms with Crippen LogP contribution < -0.4 is 5.62 Å². The lowest BCUT2D eigenvalue weighted by Gasteiger charge is -2.10. The van der Waals surface area contributed by atoms with Crippen molar-refractivity contribution in [2.75, 3.05) is 20.6 Å². The van der Waals surface area contributed by atoms with Crippen LogP contribution in [0.25, 0.3) is 11.0 Å². The van der Waals surface area contributed by atoms with E-state index in [1.807, 2.05) is 42.9 Å². The first kappa shape index (κ1) is 22.7. The van der Waals surface area contributed by atoms with E-state index in [1.54, 1.807) is 22.8 Å². The monoisotopic (exact) mass is 484 g/mol. The molecule has 0 aliphatic heterocycles. The number of nitrogens with one attached hydrogen (secondary N) is 1. The molecule has 1 aromatic heterocycles. The van der Waals surface area contributed by atoms with E-state index in [1.165, 1.54) is 0 Å². The van der Waals surface area contributed by atoms with Gasteiger partial charge < -0.3 is 14.0 Å². The number of nitrogens with zero attached hydrogens (tertiary/aromatic N) is 3. The summed E-state index contributed by atoms with van der Waals surface area (Å²) in [4.78, 5) is 14.9. The molecule has 0 unspecified atom stereocenters. The number of rotatable bonds is 7. The van der Waals surface area contributed by atoms with Crippen LogP contribution in [0.3, 0.4) is 0 Å². The molecule has 28 heavy (non-hydrogen) atoms. The van der Waals surface area contributed by atoms with Gasteiger partial charge in [0.2, 0.25) is 5.62 Å². The Hall–Kier alpha value is -1.60. The largest absolute Gasteiger partial charge is 0.310 e. The molecule has 0 atom stereocenters. The fourth-order valence-corrected chi connectivity index (χ4v) is 3.43.